The Balaban J connectivity index is 2.84. The van der Waals surface area contributed by atoms with Crippen LogP contribution in [0.2, 0.25) is 0 Å². The van der Waals surface area contributed by atoms with Gasteiger partial charge < -0.3 is 10.2 Å². The lowest BCUT2D eigenvalue weighted by Crippen LogP contribution is -2.35. The number of sulfonamides is 1. The SMILES string of the molecule is CCC(CCO)NS(=O)(=O)c1ccc(CC(=O)O)cc1. The largest absolute Gasteiger partial charge is 0.481 e. The Bertz CT molecular complexity index is 538. The third-order valence-electron chi connectivity index (χ3n) is 2.88. The molecule has 0 aliphatic rings. The zero-order valence-corrected chi connectivity index (χ0v) is 12.1. The van der Waals surface area contributed by atoms with E-state index in [1.165, 1.54) is 24.3 Å². The Hall–Kier alpha value is -1.44. The summed E-state index contributed by atoms with van der Waals surface area (Å²) in [5, 5.41) is 17.5. The smallest absolute Gasteiger partial charge is 0.307 e. The van der Waals surface area contributed by atoms with E-state index in [1.807, 2.05) is 6.92 Å². The number of carbonyl (C=O) groups is 1. The highest BCUT2D eigenvalue weighted by atomic mass is 32.2. The van der Waals surface area contributed by atoms with Crippen LogP contribution in [0.3, 0.4) is 0 Å². The maximum absolute atomic E-state index is 12.1. The molecule has 6 nitrogen and oxygen atoms in total. The Morgan fingerprint density at radius 3 is 2.35 bits per heavy atom. The average molecular weight is 301 g/mol. The highest BCUT2D eigenvalue weighted by molar-refractivity contribution is 7.89. The van der Waals surface area contributed by atoms with Gasteiger partial charge in [-0.2, -0.15) is 0 Å². The third-order valence-corrected chi connectivity index (χ3v) is 4.42. The number of nitrogens with one attached hydrogen (secondary N) is 1. The molecule has 3 N–H and O–H groups in total. The van der Waals surface area contributed by atoms with Crippen LogP contribution in [-0.4, -0.2) is 37.2 Å². The van der Waals surface area contributed by atoms with E-state index in [-0.39, 0.29) is 24.0 Å². The molecule has 0 bridgehead atoms. The second kappa shape index (κ2) is 7.37. The molecular weight excluding hydrogens is 282 g/mol. The lowest BCUT2D eigenvalue weighted by atomic mass is 10.2. The van der Waals surface area contributed by atoms with Crippen LogP contribution in [0.4, 0.5) is 0 Å². The summed E-state index contributed by atoms with van der Waals surface area (Å²) in [6.45, 7) is 1.75. The Morgan fingerprint density at radius 1 is 1.30 bits per heavy atom. The molecule has 0 radical (unpaired) electrons. The summed E-state index contributed by atoms with van der Waals surface area (Å²) >= 11 is 0. The molecule has 0 spiro atoms. The van der Waals surface area contributed by atoms with E-state index < -0.39 is 16.0 Å². The number of hydrogen-bond acceptors (Lipinski definition) is 4. The van der Waals surface area contributed by atoms with Crippen molar-refractivity contribution in [1.29, 1.82) is 0 Å². The van der Waals surface area contributed by atoms with Gasteiger partial charge in [0.25, 0.3) is 0 Å². The second-order valence-electron chi connectivity index (χ2n) is 4.45. The van der Waals surface area contributed by atoms with Crippen molar-refractivity contribution in [3.05, 3.63) is 29.8 Å². The molecule has 1 aromatic carbocycles. The summed E-state index contributed by atoms with van der Waals surface area (Å²) < 4.78 is 26.7. The standard InChI is InChI=1S/C13H19NO5S/c1-2-11(7-8-15)14-20(18,19)12-5-3-10(4-6-12)9-13(16)17/h3-6,11,14-15H,2,7-9H2,1H3,(H,16,17). The summed E-state index contributed by atoms with van der Waals surface area (Å²) in [7, 11) is -3.65. The number of aliphatic hydroxyl groups is 1. The van der Waals surface area contributed by atoms with Crippen LogP contribution in [0, 0.1) is 0 Å². The summed E-state index contributed by atoms with van der Waals surface area (Å²) in [4.78, 5) is 10.6. The van der Waals surface area contributed by atoms with Gasteiger partial charge in [-0.25, -0.2) is 13.1 Å². The molecule has 1 rings (SSSR count). The van der Waals surface area contributed by atoms with Crippen LogP contribution < -0.4 is 4.72 Å². The fourth-order valence-electron chi connectivity index (χ4n) is 1.75. The van der Waals surface area contributed by atoms with E-state index in [2.05, 4.69) is 4.72 Å². The maximum atomic E-state index is 12.1. The minimum absolute atomic E-state index is 0.0847. The lowest BCUT2D eigenvalue weighted by Gasteiger charge is -2.16. The number of aliphatic hydroxyl groups excluding tert-OH is 1. The number of carboxylic acid groups (broad SMARTS) is 1. The van der Waals surface area contributed by atoms with Crippen LogP contribution in [0.1, 0.15) is 25.3 Å². The zero-order chi connectivity index (χ0) is 15.2. The van der Waals surface area contributed by atoms with Gasteiger partial charge >= 0.3 is 5.97 Å². The van der Waals surface area contributed by atoms with Crippen LogP contribution in [0.5, 0.6) is 0 Å². The van der Waals surface area contributed by atoms with Crippen LogP contribution in [0.15, 0.2) is 29.2 Å². The molecule has 1 atom stereocenters. The second-order valence-corrected chi connectivity index (χ2v) is 6.17. The number of rotatable bonds is 8. The summed E-state index contributed by atoms with van der Waals surface area (Å²) in [6, 6.07) is 5.41. The average Bonchev–Trinajstić information content (AvgIpc) is 2.38. The zero-order valence-electron chi connectivity index (χ0n) is 11.2. The van der Waals surface area contributed by atoms with E-state index in [0.29, 0.717) is 18.4 Å². The fraction of sp³-hybridized carbons (Fsp3) is 0.462. The van der Waals surface area contributed by atoms with E-state index in [4.69, 9.17) is 10.2 Å². The molecule has 20 heavy (non-hydrogen) atoms. The molecule has 0 fully saturated rings. The molecule has 0 aromatic heterocycles. The minimum Gasteiger partial charge on any atom is -0.481 e. The molecular formula is C13H19NO5S. The summed E-state index contributed by atoms with van der Waals surface area (Å²) in [6.07, 6.45) is 0.791. The normalized spacial score (nSPS) is 13.1. The number of aliphatic carboxylic acids is 1. The van der Waals surface area contributed by atoms with Crippen molar-refractivity contribution in [2.45, 2.75) is 37.1 Å². The molecule has 7 heteroatoms. The maximum Gasteiger partial charge on any atom is 0.307 e. The molecule has 0 saturated carbocycles. The third kappa shape index (κ3) is 4.92. The lowest BCUT2D eigenvalue weighted by molar-refractivity contribution is -0.136. The minimum atomic E-state index is -3.65. The quantitative estimate of drug-likeness (QED) is 0.657. The first-order valence-corrected chi connectivity index (χ1v) is 7.81. The summed E-state index contributed by atoms with van der Waals surface area (Å²) in [5.41, 5.74) is 0.541. The topological polar surface area (TPSA) is 104 Å². The fourth-order valence-corrected chi connectivity index (χ4v) is 3.10. The molecule has 0 aliphatic heterocycles. The monoisotopic (exact) mass is 301 g/mol. The first-order chi connectivity index (χ1) is 9.39. The Morgan fingerprint density at radius 2 is 1.90 bits per heavy atom. The predicted molar refractivity (Wildman–Crippen MR) is 73.9 cm³/mol. The first-order valence-electron chi connectivity index (χ1n) is 6.33. The molecule has 0 aliphatic carbocycles. The molecule has 0 saturated heterocycles. The van der Waals surface area contributed by atoms with E-state index in [9.17, 15) is 13.2 Å². The molecule has 0 heterocycles. The van der Waals surface area contributed by atoms with Gasteiger partial charge in [-0.1, -0.05) is 19.1 Å². The first kappa shape index (κ1) is 16.6. The van der Waals surface area contributed by atoms with Gasteiger partial charge in [-0.15, -0.1) is 0 Å². The Labute approximate surface area is 118 Å². The van der Waals surface area contributed by atoms with Crippen molar-refractivity contribution < 1.29 is 23.4 Å². The number of hydrogen-bond donors (Lipinski definition) is 3. The van der Waals surface area contributed by atoms with Gasteiger partial charge in [0.05, 0.1) is 11.3 Å². The highest BCUT2D eigenvalue weighted by Gasteiger charge is 2.18. The van der Waals surface area contributed by atoms with E-state index in [0.717, 1.165) is 0 Å². The highest BCUT2D eigenvalue weighted by Crippen LogP contribution is 2.13. The van der Waals surface area contributed by atoms with Crippen molar-refractivity contribution in [3.8, 4) is 0 Å². The van der Waals surface area contributed by atoms with Crippen molar-refractivity contribution in [2.24, 2.45) is 0 Å². The van der Waals surface area contributed by atoms with Crippen molar-refractivity contribution in [3.63, 3.8) is 0 Å². The van der Waals surface area contributed by atoms with Gasteiger partial charge in [0, 0.05) is 12.6 Å². The molecule has 1 aromatic rings. The van der Waals surface area contributed by atoms with Gasteiger partial charge in [0.1, 0.15) is 0 Å². The van der Waals surface area contributed by atoms with Crippen LogP contribution in [-0.2, 0) is 21.2 Å². The molecule has 0 amide bonds. The Kier molecular flexibility index (Phi) is 6.12. The number of carboxylic acids is 1. The van der Waals surface area contributed by atoms with Crippen LogP contribution in [0.25, 0.3) is 0 Å². The van der Waals surface area contributed by atoms with Gasteiger partial charge in [0.2, 0.25) is 10.0 Å². The van der Waals surface area contributed by atoms with Gasteiger partial charge in [-0.3, -0.25) is 4.79 Å². The van der Waals surface area contributed by atoms with E-state index in [1.54, 1.807) is 0 Å². The van der Waals surface area contributed by atoms with Crippen LogP contribution >= 0.6 is 0 Å². The molecule has 112 valence electrons. The van der Waals surface area contributed by atoms with Gasteiger partial charge in [-0.05, 0) is 30.5 Å². The van der Waals surface area contributed by atoms with Crippen molar-refractivity contribution in [1.82, 2.24) is 4.72 Å². The molecule has 1 unspecified atom stereocenters. The number of benzene rings is 1. The summed E-state index contributed by atoms with van der Waals surface area (Å²) in [5.74, 6) is -0.965. The predicted octanol–water partition coefficient (Wildman–Crippen LogP) is 0.753. The van der Waals surface area contributed by atoms with E-state index >= 15 is 0 Å². The van der Waals surface area contributed by atoms with Crippen molar-refractivity contribution in [2.75, 3.05) is 6.61 Å². The van der Waals surface area contributed by atoms with Crippen molar-refractivity contribution >= 4 is 16.0 Å². The van der Waals surface area contributed by atoms with Gasteiger partial charge in [0.15, 0.2) is 0 Å².